The summed E-state index contributed by atoms with van der Waals surface area (Å²) in [6.07, 6.45) is 2.04. The van der Waals surface area contributed by atoms with Crippen LogP contribution in [0.2, 0.25) is 0 Å². The Hall–Kier alpha value is -1.80. The summed E-state index contributed by atoms with van der Waals surface area (Å²) in [5.41, 5.74) is 8.45. The molecule has 0 aliphatic rings. The van der Waals surface area contributed by atoms with E-state index in [-0.39, 0.29) is 6.04 Å². The van der Waals surface area contributed by atoms with Crippen molar-refractivity contribution in [2.24, 2.45) is 5.73 Å². The molecule has 0 heterocycles. The Morgan fingerprint density at radius 3 is 2.24 bits per heavy atom. The maximum absolute atomic E-state index is 6.06. The molecule has 2 N–H and O–H groups in total. The summed E-state index contributed by atoms with van der Waals surface area (Å²) < 4.78 is 6.06. The SMILES string of the molecule is CCC(C)c1ccccc1Oc1ccc([C@@H](N)CC)cc1. The largest absolute Gasteiger partial charge is 0.457 e. The van der Waals surface area contributed by atoms with E-state index in [4.69, 9.17) is 10.5 Å². The van der Waals surface area contributed by atoms with Gasteiger partial charge in [-0.3, -0.25) is 0 Å². The second kappa shape index (κ2) is 7.28. The van der Waals surface area contributed by atoms with Gasteiger partial charge in [0.15, 0.2) is 0 Å². The first-order valence-electron chi connectivity index (χ1n) is 7.78. The van der Waals surface area contributed by atoms with Crippen molar-refractivity contribution in [2.75, 3.05) is 0 Å². The highest BCUT2D eigenvalue weighted by atomic mass is 16.5. The number of nitrogens with two attached hydrogens (primary N) is 1. The van der Waals surface area contributed by atoms with E-state index in [0.717, 1.165) is 29.9 Å². The maximum Gasteiger partial charge on any atom is 0.130 e. The van der Waals surface area contributed by atoms with Gasteiger partial charge in [-0.15, -0.1) is 0 Å². The Balaban J connectivity index is 2.19. The molecule has 0 aliphatic carbocycles. The lowest BCUT2D eigenvalue weighted by atomic mass is 9.98. The molecule has 0 radical (unpaired) electrons. The molecule has 2 heteroatoms. The number of para-hydroxylation sites is 1. The Bertz CT molecular complexity index is 562. The number of ether oxygens (including phenoxy) is 1. The zero-order valence-corrected chi connectivity index (χ0v) is 13.2. The molecule has 0 spiro atoms. The second-order valence-electron chi connectivity index (χ2n) is 5.53. The third-order valence-electron chi connectivity index (χ3n) is 4.04. The smallest absolute Gasteiger partial charge is 0.130 e. The average molecular weight is 283 g/mol. The predicted molar refractivity (Wildman–Crippen MR) is 88.9 cm³/mol. The highest BCUT2D eigenvalue weighted by molar-refractivity contribution is 5.40. The average Bonchev–Trinajstić information content (AvgIpc) is 2.54. The van der Waals surface area contributed by atoms with Gasteiger partial charge in [0, 0.05) is 6.04 Å². The molecule has 0 saturated carbocycles. The van der Waals surface area contributed by atoms with Gasteiger partial charge in [-0.05, 0) is 48.1 Å². The first-order valence-corrected chi connectivity index (χ1v) is 7.78. The van der Waals surface area contributed by atoms with Gasteiger partial charge < -0.3 is 10.5 Å². The van der Waals surface area contributed by atoms with Gasteiger partial charge >= 0.3 is 0 Å². The summed E-state index contributed by atoms with van der Waals surface area (Å²) >= 11 is 0. The normalized spacial score (nSPS) is 13.7. The topological polar surface area (TPSA) is 35.2 Å². The van der Waals surface area contributed by atoms with Crippen LogP contribution in [0.3, 0.4) is 0 Å². The first kappa shape index (κ1) is 15.6. The number of hydrogen-bond acceptors (Lipinski definition) is 2. The van der Waals surface area contributed by atoms with E-state index in [9.17, 15) is 0 Å². The van der Waals surface area contributed by atoms with E-state index < -0.39 is 0 Å². The van der Waals surface area contributed by atoms with Crippen LogP contribution in [0, 0.1) is 0 Å². The van der Waals surface area contributed by atoms with Crippen LogP contribution < -0.4 is 10.5 Å². The molecule has 2 rings (SSSR count). The lowest BCUT2D eigenvalue weighted by molar-refractivity contribution is 0.470. The number of rotatable bonds is 6. The second-order valence-corrected chi connectivity index (χ2v) is 5.53. The third-order valence-corrected chi connectivity index (χ3v) is 4.04. The summed E-state index contributed by atoms with van der Waals surface area (Å²) in [5, 5.41) is 0. The quantitative estimate of drug-likeness (QED) is 0.770. The van der Waals surface area contributed by atoms with E-state index in [1.165, 1.54) is 5.56 Å². The predicted octanol–water partition coefficient (Wildman–Crippen LogP) is 5.40. The molecule has 21 heavy (non-hydrogen) atoms. The minimum absolute atomic E-state index is 0.103. The van der Waals surface area contributed by atoms with Gasteiger partial charge in [0.25, 0.3) is 0 Å². The Labute approximate surface area is 127 Å². The third kappa shape index (κ3) is 3.85. The lowest BCUT2D eigenvalue weighted by Crippen LogP contribution is -2.08. The van der Waals surface area contributed by atoms with Crippen molar-refractivity contribution < 1.29 is 4.74 Å². The van der Waals surface area contributed by atoms with Crippen molar-refractivity contribution in [3.8, 4) is 11.5 Å². The molecule has 2 aromatic rings. The van der Waals surface area contributed by atoms with Gasteiger partial charge in [0.1, 0.15) is 11.5 Å². The van der Waals surface area contributed by atoms with E-state index >= 15 is 0 Å². The van der Waals surface area contributed by atoms with Crippen molar-refractivity contribution in [1.82, 2.24) is 0 Å². The van der Waals surface area contributed by atoms with Crippen LogP contribution in [0.5, 0.6) is 11.5 Å². The summed E-state index contributed by atoms with van der Waals surface area (Å²) in [4.78, 5) is 0. The van der Waals surface area contributed by atoms with Crippen molar-refractivity contribution >= 4 is 0 Å². The van der Waals surface area contributed by atoms with E-state index in [2.05, 4.69) is 45.0 Å². The molecule has 0 amide bonds. The number of hydrogen-bond donors (Lipinski definition) is 1. The molecular formula is C19H25NO. The summed E-state index contributed by atoms with van der Waals surface area (Å²) in [7, 11) is 0. The highest BCUT2D eigenvalue weighted by Gasteiger charge is 2.10. The maximum atomic E-state index is 6.06. The van der Waals surface area contributed by atoms with E-state index in [1.807, 2.05) is 24.3 Å². The summed E-state index contributed by atoms with van der Waals surface area (Å²) in [6, 6.07) is 16.5. The Morgan fingerprint density at radius 2 is 1.62 bits per heavy atom. The van der Waals surface area contributed by atoms with Crippen LogP contribution >= 0.6 is 0 Å². The molecule has 2 aromatic carbocycles. The van der Waals surface area contributed by atoms with Gasteiger partial charge in [0.05, 0.1) is 0 Å². The monoisotopic (exact) mass is 283 g/mol. The van der Waals surface area contributed by atoms with Gasteiger partial charge in [-0.1, -0.05) is 51.1 Å². The Kier molecular flexibility index (Phi) is 5.40. The zero-order chi connectivity index (χ0) is 15.2. The highest BCUT2D eigenvalue weighted by Crippen LogP contribution is 2.32. The number of benzene rings is 2. The van der Waals surface area contributed by atoms with Crippen LogP contribution in [0.4, 0.5) is 0 Å². The molecule has 2 nitrogen and oxygen atoms in total. The van der Waals surface area contributed by atoms with Crippen LogP contribution in [-0.2, 0) is 0 Å². The molecule has 112 valence electrons. The first-order chi connectivity index (χ1) is 10.2. The van der Waals surface area contributed by atoms with E-state index in [1.54, 1.807) is 0 Å². The molecule has 0 saturated heterocycles. The fourth-order valence-electron chi connectivity index (χ4n) is 2.35. The molecule has 0 aromatic heterocycles. The standard InChI is InChI=1S/C19H25NO/c1-4-14(3)17-8-6-7-9-19(17)21-16-12-10-15(11-13-16)18(20)5-2/h6-14,18H,4-5,20H2,1-3H3/t14?,18-/m0/s1. The van der Waals surface area contributed by atoms with Crippen molar-refractivity contribution in [3.63, 3.8) is 0 Å². The van der Waals surface area contributed by atoms with Crippen LogP contribution in [-0.4, -0.2) is 0 Å². The van der Waals surface area contributed by atoms with Gasteiger partial charge in [-0.2, -0.15) is 0 Å². The minimum atomic E-state index is 0.103. The lowest BCUT2D eigenvalue weighted by Gasteiger charge is -2.16. The van der Waals surface area contributed by atoms with Crippen molar-refractivity contribution in [3.05, 3.63) is 59.7 Å². The molecule has 2 atom stereocenters. The summed E-state index contributed by atoms with van der Waals surface area (Å²) in [6.45, 7) is 6.52. The zero-order valence-electron chi connectivity index (χ0n) is 13.2. The van der Waals surface area contributed by atoms with Gasteiger partial charge in [-0.25, -0.2) is 0 Å². The fraction of sp³-hybridized carbons (Fsp3) is 0.368. The summed E-state index contributed by atoms with van der Waals surface area (Å²) in [5.74, 6) is 2.30. The molecular weight excluding hydrogens is 258 g/mol. The fourth-order valence-corrected chi connectivity index (χ4v) is 2.35. The molecule has 1 unspecified atom stereocenters. The van der Waals surface area contributed by atoms with Crippen molar-refractivity contribution in [1.29, 1.82) is 0 Å². The van der Waals surface area contributed by atoms with Crippen LogP contribution in [0.25, 0.3) is 0 Å². The Morgan fingerprint density at radius 1 is 0.952 bits per heavy atom. The molecule has 0 bridgehead atoms. The van der Waals surface area contributed by atoms with E-state index in [0.29, 0.717) is 5.92 Å². The molecule has 0 aliphatic heterocycles. The van der Waals surface area contributed by atoms with Crippen LogP contribution in [0.15, 0.2) is 48.5 Å². The van der Waals surface area contributed by atoms with Crippen LogP contribution in [0.1, 0.15) is 56.7 Å². The van der Waals surface area contributed by atoms with Gasteiger partial charge in [0.2, 0.25) is 0 Å². The van der Waals surface area contributed by atoms with Crippen molar-refractivity contribution in [2.45, 2.75) is 45.6 Å². The molecule has 0 fully saturated rings. The minimum Gasteiger partial charge on any atom is -0.457 e.